The van der Waals surface area contributed by atoms with E-state index in [2.05, 4.69) is 25.9 Å². The average molecular weight is 314 g/mol. The van der Waals surface area contributed by atoms with Crippen molar-refractivity contribution in [1.29, 1.82) is 0 Å². The molecule has 2 heterocycles. The van der Waals surface area contributed by atoms with E-state index in [1.165, 1.54) is 31.4 Å². The van der Waals surface area contributed by atoms with Gasteiger partial charge < -0.3 is 10.4 Å². The van der Waals surface area contributed by atoms with Gasteiger partial charge in [0, 0.05) is 25.6 Å². The topological polar surface area (TPSA) is 50.1 Å². The van der Waals surface area contributed by atoms with Crippen molar-refractivity contribution < 1.29 is 5.11 Å². The fourth-order valence-corrected chi connectivity index (χ4v) is 3.89. The van der Waals surface area contributed by atoms with Crippen molar-refractivity contribution in [2.75, 3.05) is 18.5 Å². The van der Waals surface area contributed by atoms with Crippen LogP contribution in [0.3, 0.4) is 0 Å². The summed E-state index contributed by atoms with van der Waals surface area (Å²) in [4.78, 5) is 0. The van der Waals surface area contributed by atoms with Gasteiger partial charge in [0.25, 0.3) is 0 Å². The zero-order valence-corrected chi connectivity index (χ0v) is 12.1. The summed E-state index contributed by atoms with van der Waals surface area (Å²) in [6.45, 7) is 2.13. The number of fused-ring (bicyclic) bond motifs is 1. The second-order valence-electron chi connectivity index (χ2n) is 5.47. The molecule has 2 N–H and O–H groups in total. The minimum absolute atomic E-state index is 0.263. The Hall–Kier alpha value is -0.550. The van der Waals surface area contributed by atoms with Gasteiger partial charge in [-0.1, -0.05) is 12.8 Å². The van der Waals surface area contributed by atoms with Crippen LogP contribution in [0, 0.1) is 5.92 Å². The quantitative estimate of drug-likeness (QED) is 0.902. The summed E-state index contributed by atoms with van der Waals surface area (Å²) in [6, 6.07) is 0. The van der Waals surface area contributed by atoms with Gasteiger partial charge in [-0.05, 0) is 41.1 Å². The normalized spacial score (nSPS) is 24.0. The summed E-state index contributed by atoms with van der Waals surface area (Å²) in [6.07, 6.45) is 6.06. The molecule has 1 saturated carbocycles. The largest absolute Gasteiger partial charge is 0.396 e. The Morgan fingerprint density at radius 1 is 1.39 bits per heavy atom. The van der Waals surface area contributed by atoms with E-state index in [1.54, 1.807) is 0 Å². The van der Waals surface area contributed by atoms with Crippen molar-refractivity contribution in [1.82, 2.24) is 9.78 Å². The Morgan fingerprint density at radius 3 is 2.89 bits per heavy atom. The molecule has 100 valence electrons. The number of hydrogen-bond acceptors (Lipinski definition) is 3. The van der Waals surface area contributed by atoms with Crippen molar-refractivity contribution in [3.05, 3.63) is 10.2 Å². The second-order valence-corrected chi connectivity index (χ2v) is 6.26. The molecular formula is C13H20BrN3O. The lowest BCUT2D eigenvalue weighted by Crippen LogP contribution is -2.28. The Balaban J connectivity index is 1.83. The van der Waals surface area contributed by atoms with Gasteiger partial charge in [0.05, 0.1) is 10.2 Å². The van der Waals surface area contributed by atoms with Crippen molar-refractivity contribution in [3.63, 3.8) is 0 Å². The highest BCUT2D eigenvalue weighted by molar-refractivity contribution is 9.10. The van der Waals surface area contributed by atoms with Crippen molar-refractivity contribution in [2.24, 2.45) is 5.92 Å². The van der Waals surface area contributed by atoms with Gasteiger partial charge in [0.2, 0.25) is 0 Å². The Bertz CT molecular complexity index is 426. The van der Waals surface area contributed by atoms with Gasteiger partial charge in [0.15, 0.2) is 0 Å². The molecule has 5 heteroatoms. The standard InChI is InChI=1S/C13H20BrN3O/c14-11-12(10-3-1-2-4-10)16-17-8-9(5-6-18)7-15-13(11)17/h9-10,15,18H,1-8H2. The molecule has 1 aromatic rings. The van der Waals surface area contributed by atoms with Crippen LogP contribution in [0.25, 0.3) is 0 Å². The number of aliphatic hydroxyl groups is 1. The van der Waals surface area contributed by atoms with Gasteiger partial charge in [-0.25, -0.2) is 4.68 Å². The highest BCUT2D eigenvalue weighted by atomic mass is 79.9. The van der Waals surface area contributed by atoms with Gasteiger partial charge >= 0.3 is 0 Å². The summed E-state index contributed by atoms with van der Waals surface area (Å²) in [5.41, 5.74) is 1.24. The molecule has 18 heavy (non-hydrogen) atoms. The maximum atomic E-state index is 9.03. The molecule has 0 saturated heterocycles. The molecule has 1 fully saturated rings. The van der Waals surface area contributed by atoms with E-state index < -0.39 is 0 Å². The first-order chi connectivity index (χ1) is 8.79. The highest BCUT2D eigenvalue weighted by Gasteiger charge is 2.28. The van der Waals surface area contributed by atoms with Crippen LogP contribution in [0.1, 0.15) is 43.7 Å². The lowest BCUT2D eigenvalue weighted by molar-refractivity contribution is 0.244. The van der Waals surface area contributed by atoms with E-state index in [1.807, 2.05) is 0 Å². The summed E-state index contributed by atoms with van der Waals surface area (Å²) in [7, 11) is 0. The van der Waals surface area contributed by atoms with Crippen molar-refractivity contribution in [2.45, 2.75) is 44.6 Å². The van der Waals surface area contributed by atoms with Gasteiger partial charge in [0.1, 0.15) is 5.82 Å². The molecule has 1 aliphatic carbocycles. The summed E-state index contributed by atoms with van der Waals surface area (Å²) in [5, 5.41) is 17.3. The van der Waals surface area contributed by atoms with E-state index in [4.69, 9.17) is 10.2 Å². The predicted molar refractivity (Wildman–Crippen MR) is 74.8 cm³/mol. The molecule has 1 atom stereocenters. The van der Waals surface area contributed by atoms with Gasteiger partial charge in [-0.15, -0.1) is 0 Å². The summed E-state index contributed by atoms with van der Waals surface area (Å²) < 4.78 is 3.25. The van der Waals surface area contributed by atoms with E-state index in [9.17, 15) is 0 Å². The summed E-state index contributed by atoms with van der Waals surface area (Å²) >= 11 is 3.71. The number of aromatic nitrogens is 2. The fourth-order valence-electron chi connectivity index (χ4n) is 3.15. The number of aliphatic hydroxyl groups excluding tert-OH is 1. The third kappa shape index (κ3) is 2.18. The molecule has 0 bridgehead atoms. The molecule has 0 amide bonds. The molecule has 1 unspecified atom stereocenters. The Morgan fingerprint density at radius 2 is 2.17 bits per heavy atom. The van der Waals surface area contributed by atoms with E-state index >= 15 is 0 Å². The molecular weight excluding hydrogens is 294 g/mol. The number of anilines is 1. The Kier molecular flexibility index (Phi) is 3.61. The van der Waals surface area contributed by atoms with E-state index in [0.717, 1.165) is 29.8 Å². The zero-order chi connectivity index (χ0) is 12.5. The molecule has 4 nitrogen and oxygen atoms in total. The van der Waals surface area contributed by atoms with Crippen LogP contribution in [0.5, 0.6) is 0 Å². The van der Waals surface area contributed by atoms with E-state index in [-0.39, 0.29) is 6.61 Å². The number of halogens is 1. The number of hydrogen-bond donors (Lipinski definition) is 2. The van der Waals surface area contributed by atoms with Crippen LogP contribution in [-0.4, -0.2) is 28.0 Å². The Labute approximate surface area is 116 Å². The van der Waals surface area contributed by atoms with Crippen LogP contribution >= 0.6 is 15.9 Å². The number of rotatable bonds is 3. The van der Waals surface area contributed by atoms with Gasteiger partial charge in [-0.3, -0.25) is 0 Å². The van der Waals surface area contributed by atoms with Crippen LogP contribution in [0.2, 0.25) is 0 Å². The lowest BCUT2D eigenvalue weighted by Gasteiger charge is -2.24. The van der Waals surface area contributed by atoms with Crippen LogP contribution in [0.4, 0.5) is 5.82 Å². The van der Waals surface area contributed by atoms with Crippen molar-refractivity contribution in [3.8, 4) is 0 Å². The van der Waals surface area contributed by atoms with Crippen molar-refractivity contribution >= 4 is 21.7 Å². The highest BCUT2D eigenvalue weighted by Crippen LogP contribution is 2.41. The third-order valence-corrected chi connectivity index (χ3v) is 4.97. The van der Waals surface area contributed by atoms with Gasteiger partial charge in [-0.2, -0.15) is 5.10 Å². The minimum atomic E-state index is 0.263. The first-order valence-corrected chi connectivity index (χ1v) is 7.70. The monoisotopic (exact) mass is 313 g/mol. The molecule has 0 radical (unpaired) electrons. The van der Waals surface area contributed by atoms with E-state index in [0.29, 0.717) is 11.8 Å². The second kappa shape index (κ2) is 5.21. The molecule has 1 aromatic heterocycles. The lowest BCUT2D eigenvalue weighted by atomic mass is 10.0. The maximum absolute atomic E-state index is 9.03. The smallest absolute Gasteiger partial charge is 0.139 e. The fraction of sp³-hybridized carbons (Fsp3) is 0.769. The third-order valence-electron chi connectivity index (χ3n) is 4.19. The molecule has 0 spiro atoms. The molecule has 0 aromatic carbocycles. The predicted octanol–water partition coefficient (Wildman–Crippen LogP) is 2.73. The number of nitrogens with zero attached hydrogens (tertiary/aromatic N) is 2. The molecule has 2 aliphatic rings. The van der Waals surface area contributed by atoms with Crippen LogP contribution in [-0.2, 0) is 6.54 Å². The average Bonchev–Trinajstić information content (AvgIpc) is 2.98. The number of nitrogens with one attached hydrogen (secondary N) is 1. The maximum Gasteiger partial charge on any atom is 0.139 e. The van der Waals surface area contributed by atoms with Crippen LogP contribution in [0.15, 0.2) is 4.47 Å². The molecule has 3 rings (SSSR count). The van der Waals surface area contributed by atoms with Crippen LogP contribution < -0.4 is 5.32 Å². The summed E-state index contributed by atoms with van der Waals surface area (Å²) in [5.74, 6) is 2.26. The first-order valence-electron chi connectivity index (χ1n) is 6.90. The first kappa shape index (κ1) is 12.5. The zero-order valence-electron chi connectivity index (χ0n) is 10.5. The minimum Gasteiger partial charge on any atom is -0.396 e. The SMILES string of the molecule is OCCC1CNc2c(Br)c(C3CCCC3)nn2C1. The molecule has 1 aliphatic heterocycles.